The number of amidine groups is 1. The van der Waals surface area contributed by atoms with Gasteiger partial charge in [-0.3, -0.25) is 14.7 Å². The minimum absolute atomic E-state index is 0.0110. The van der Waals surface area contributed by atoms with E-state index in [0.29, 0.717) is 13.0 Å². The number of nitrogens with zero attached hydrogens (tertiary/aromatic N) is 2. The molecule has 2 atom stereocenters. The molecule has 0 radical (unpaired) electrons. The Morgan fingerprint density at radius 2 is 2.10 bits per heavy atom. The number of methoxy groups -OCH3 is 1. The number of amides is 1. The average molecular weight is 275 g/mol. The van der Waals surface area contributed by atoms with E-state index in [4.69, 9.17) is 10.5 Å². The fourth-order valence-electron chi connectivity index (χ4n) is 2.47. The van der Waals surface area contributed by atoms with E-state index >= 15 is 0 Å². The first-order chi connectivity index (χ1) is 9.56. The lowest BCUT2D eigenvalue weighted by atomic mass is 10.0. The van der Waals surface area contributed by atoms with Crippen molar-refractivity contribution in [3.8, 4) is 5.75 Å². The highest BCUT2D eigenvalue weighted by atomic mass is 16.5. The minimum atomic E-state index is -0.116. The van der Waals surface area contributed by atoms with Gasteiger partial charge in [-0.05, 0) is 31.5 Å². The first-order valence-electron chi connectivity index (χ1n) is 6.77. The Balaban J connectivity index is 2.23. The molecule has 108 valence electrons. The van der Waals surface area contributed by atoms with Gasteiger partial charge in [-0.2, -0.15) is 0 Å². The van der Waals surface area contributed by atoms with Crippen molar-refractivity contribution >= 4 is 11.7 Å². The quantitative estimate of drug-likeness (QED) is 0.910. The molecule has 0 aromatic heterocycles. The van der Waals surface area contributed by atoms with E-state index in [9.17, 15) is 4.79 Å². The maximum atomic E-state index is 12.3. The van der Waals surface area contributed by atoms with Crippen LogP contribution in [0, 0.1) is 0 Å². The Kier molecular flexibility index (Phi) is 4.39. The van der Waals surface area contributed by atoms with E-state index in [1.165, 1.54) is 0 Å². The highest BCUT2D eigenvalue weighted by Gasteiger charge is 2.30. The van der Waals surface area contributed by atoms with Crippen LogP contribution in [0.2, 0.25) is 0 Å². The SMILES string of the molecule is COc1ccc(C2CC(=O)N(C(C)CN)C(C)=N2)cc1. The van der Waals surface area contributed by atoms with Crippen LogP contribution in [0.1, 0.15) is 31.9 Å². The van der Waals surface area contributed by atoms with Gasteiger partial charge < -0.3 is 10.5 Å². The number of aliphatic imine (C=N–C) groups is 1. The van der Waals surface area contributed by atoms with Gasteiger partial charge in [0.2, 0.25) is 5.91 Å². The van der Waals surface area contributed by atoms with Gasteiger partial charge in [0.15, 0.2) is 0 Å². The molecule has 0 saturated carbocycles. The number of carbonyl (C=O) groups is 1. The zero-order valence-electron chi connectivity index (χ0n) is 12.2. The summed E-state index contributed by atoms with van der Waals surface area (Å²) in [5.74, 6) is 1.62. The van der Waals surface area contributed by atoms with Crippen LogP contribution in [0.3, 0.4) is 0 Å². The zero-order chi connectivity index (χ0) is 14.7. The second-order valence-corrected chi connectivity index (χ2v) is 5.02. The molecule has 1 aliphatic rings. The lowest BCUT2D eigenvalue weighted by Gasteiger charge is -2.33. The number of carbonyl (C=O) groups excluding carboxylic acids is 1. The second-order valence-electron chi connectivity index (χ2n) is 5.02. The van der Waals surface area contributed by atoms with Gasteiger partial charge >= 0.3 is 0 Å². The van der Waals surface area contributed by atoms with Crippen LogP contribution in [-0.4, -0.2) is 36.3 Å². The van der Waals surface area contributed by atoms with Crippen molar-refractivity contribution in [2.75, 3.05) is 13.7 Å². The summed E-state index contributed by atoms with van der Waals surface area (Å²) in [4.78, 5) is 18.6. The van der Waals surface area contributed by atoms with E-state index in [1.54, 1.807) is 12.0 Å². The smallest absolute Gasteiger partial charge is 0.230 e. The molecule has 0 spiro atoms. The summed E-state index contributed by atoms with van der Waals surface area (Å²) in [6, 6.07) is 7.56. The molecule has 0 bridgehead atoms. The Morgan fingerprint density at radius 3 is 2.60 bits per heavy atom. The number of nitrogens with two attached hydrogens (primary N) is 1. The maximum absolute atomic E-state index is 12.3. The first-order valence-corrected chi connectivity index (χ1v) is 6.77. The lowest BCUT2D eigenvalue weighted by Crippen LogP contribution is -2.48. The zero-order valence-corrected chi connectivity index (χ0v) is 12.2. The van der Waals surface area contributed by atoms with Gasteiger partial charge in [-0.25, -0.2) is 0 Å². The van der Waals surface area contributed by atoms with Crippen LogP contribution in [0.4, 0.5) is 0 Å². The van der Waals surface area contributed by atoms with Crippen molar-refractivity contribution in [3.05, 3.63) is 29.8 Å². The molecule has 0 aliphatic carbocycles. The van der Waals surface area contributed by atoms with Crippen molar-refractivity contribution in [3.63, 3.8) is 0 Å². The predicted octanol–water partition coefficient (Wildman–Crippen LogP) is 1.73. The van der Waals surface area contributed by atoms with Crippen molar-refractivity contribution in [2.24, 2.45) is 10.7 Å². The molecule has 1 aromatic rings. The molecule has 1 amide bonds. The molecule has 1 heterocycles. The van der Waals surface area contributed by atoms with Crippen molar-refractivity contribution in [1.29, 1.82) is 0 Å². The summed E-state index contributed by atoms with van der Waals surface area (Å²) in [7, 11) is 1.63. The van der Waals surface area contributed by atoms with Crippen LogP contribution in [0.5, 0.6) is 5.75 Å². The fourth-order valence-corrected chi connectivity index (χ4v) is 2.47. The van der Waals surface area contributed by atoms with Crippen LogP contribution in [0.25, 0.3) is 0 Å². The standard InChI is InChI=1S/C15H21N3O2/c1-10(9-16)18-11(2)17-14(8-15(18)19)12-4-6-13(20-3)7-5-12/h4-7,10,14H,8-9,16H2,1-3H3. The predicted molar refractivity (Wildman–Crippen MR) is 78.8 cm³/mol. The molecule has 0 fully saturated rings. The molecule has 1 aliphatic heterocycles. The second kappa shape index (κ2) is 6.05. The molecular formula is C15H21N3O2. The van der Waals surface area contributed by atoms with E-state index in [0.717, 1.165) is 17.1 Å². The topological polar surface area (TPSA) is 67.9 Å². The number of hydrogen-bond acceptors (Lipinski definition) is 4. The van der Waals surface area contributed by atoms with Crippen molar-refractivity contribution in [2.45, 2.75) is 32.4 Å². The van der Waals surface area contributed by atoms with Gasteiger partial charge in [0.1, 0.15) is 11.6 Å². The summed E-state index contributed by atoms with van der Waals surface area (Å²) in [6.45, 7) is 4.23. The van der Waals surface area contributed by atoms with Gasteiger partial charge in [0.05, 0.1) is 19.6 Å². The van der Waals surface area contributed by atoms with E-state index < -0.39 is 0 Å². The van der Waals surface area contributed by atoms with Crippen LogP contribution >= 0.6 is 0 Å². The van der Waals surface area contributed by atoms with Crippen molar-refractivity contribution in [1.82, 2.24) is 4.90 Å². The minimum Gasteiger partial charge on any atom is -0.497 e. The van der Waals surface area contributed by atoms with Gasteiger partial charge in [-0.1, -0.05) is 12.1 Å². The highest BCUT2D eigenvalue weighted by molar-refractivity contribution is 5.99. The maximum Gasteiger partial charge on any atom is 0.230 e. The monoisotopic (exact) mass is 275 g/mol. The normalized spacial score (nSPS) is 20.6. The largest absolute Gasteiger partial charge is 0.497 e. The molecule has 20 heavy (non-hydrogen) atoms. The summed E-state index contributed by atoms with van der Waals surface area (Å²) < 4.78 is 5.14. The van der Waals surface area contributed by atoms with Crippen molar-refractivity contribution < 1.29 is 9.53 Å². The molecule has 0 saturated heterocycles. The molecule has 2 N–H and O–H groups in total. The number of hydrogen-bond donors (Lipinski definition) is 1. The molecular weight excluding hydrogens is 254 g/mol. The molecule has 2 unspecified atom stereocenters. The first kappa shape index (κ1) is 14.5. The molecule has 5 heteroatoms. The molecule has 1 aromatic carbocycles. The van der Waals surface area contributed by atoms with Gasteiger partial charge in [0, 0.05) is 12.6 Å². The highest BCUT2D eigenvalue weighted by Crippen LogP contribution is 2.28. The van der Waals surface area contributed by atoms with E-state index in [1.807, 2.05) is 38.1 Å². The summed E-state index contributed by atoms with van der Waals surface area (Å²) in [5, 5.41) is 0. The van der Waals surface area contributed by atoms with Crippen LogP contribution < -0.4 is 10.5 Å². The summed E-state index contributed by atoms with van der Waals surface area (Å²) in [5.41, 5.74) is 6.67. The Morgan fingerprint density at radius 1 is 1.45 bits per heavy atom. The summed E-state index contributed by atoms with van der Waals surface area (Å²) in [6.07, 6.45) is 0.383. The Labute approximate surface area is 119 Å². The Hall–Kier alpha value is -1.88. The van der Waals surface area contributed by atoms with E-state index in [2.05, 4.69) is 4.99 Å². The van der Waals surface area contributed by atoms with Gasteiger partial charge in [-0.15, -0.1) is 0 Å². The average Bonchev–Trinajstić information content (AvgIpc) is 2.46. The van der Waals surface area contributed by atoms with Crippen LogP contribution in [0.15, 0.2) is 29.3 Å². The van der Waals surface area contributed by atoms with Crippen LogP contribution in [-0.2, 0) is 4.79 Å². The summed E-state index contributed by atoms with van der Waals surface area (Å²) >= 11 is 0. The van der Waals surface area contributed by atoms with Gasteiger partial charge in [0.25, 0.3) is 0 Å². The lowest BCUT2D eigenvalue weighted by molar-refractivity contribution is -0.129. The molecule has 2 rings (SSSR count). The molecule has 5 nitrogen and oxygen atoms in total. The van der Waals surface area contributed by atoms with E-state index in [-0.39, 0.29) is 18.0 Å². The number of benzene rings is 1. The Bertz CT molecular complexity index is 510. The number of ether oxygens (including phenoxy) is 1. The fraction of sp³-hybridized carbons (Fsp3) is 0.467. The number of rotatable bonds is 4. The third kappa shape index (κ3) is 2.82. The third-order valence-electron chi connectivity index (χ3n) is 3.61. The third-order valence-corrected chi connectivity index (χ3v) is 3.61.